The van der Waals surface area contributed by atoms with Gasteiger partial charge >= 0.3 is 0 Å². The summed E-state index contributed by atoms with van der Waals surface area (Å²) in [5, 5.41) is 6.14. The standard InChI is InChI=1S/C15H22N2O2S.ClH/c1-11(2)8-19-14-6-4-3-5-12(14)7-16-15(18)13-9-20-10-17-13;/h3-6,11,13,17H,7-10H2,1-2H3,(H,16,18);1H. The molecular weight excluding hydrogens is 308 g/mol. The number of carbonyl (C=O) groups excluding carboxylic acids is 1. The second-order valence-electron chi connectivity index (χ2n) is 5.30. The third-order valence-electron chi connectivity index (χ3n) is 3.03. The number of benzene rings is 1. The van der Waals surface area contributed by atoms with Crippen molar-refractivity contribution in [2.75, 3.05) is 18.2 Å². The van der Waals surface area contributed by atoms with Crippen LogP contribution in [0.4, 0.5) is 0 Å². The van der Waals surface area contributed by atoms with Gasteiger partial charge in [0.15, 0.2) is 0 Å². The fraction of sp³-hybridized carbons (Fsp3) is 0.533. The number of carbonyl (C=O) groups is 1. The molecule has 2 N–H and O–H groups in total. The van der Waals surface area contributed by atoms with Crippen LogP contribution >= 0.6 is 24.2 Å². The van der Waals surface area contributed by atoms with E-state index in [1.54, 1.807) is 11.8 Å². The highest BCUT2D eigenvalue weighted by atomic mass is 35.5. The predicted molar refractivity (Wildman–Crippen MR) is 90.1 cm³/mol. The van der Waals surface area contributed by atoms with Crippen LogP contribution in [-0.4, -0.2) is 30.2 Å². The molecule has 2 rings (SSSR count). The Labute approximate surface area is 136 Å². The lowest BCUT2D eigenvalue weighted by Gasteiger charge is -2.15. The van der Waals surface area contributed by atoms with Gasteiger partial charge in [0.1, 0.15) is 5.75 Å². The number of rotatable bonds is 6. The number of amides is 1. The van der Waals surface area contributed by atoms with Crippen molar-refractivity contribution < 1.29 is 9.53 Å². The second kappa shape index (κ2) is 9.18. The topological polar surface area (TPSA) is 50.4 Å². The highest BCUT2D eigenvalue weighted by Crippen LogP contribution is 2.18. The molecule has 0 radical (unpaired) electrons. The van der Waals surface area contributed by atoms with Gasteiger partial charge in [-0.05, 0) is 12.0 Å². The van der Waals surface area contributed by atoms with Gasteiger partial charge in [0.2, 0.25) is 5.91 Å². The summed E-state index contributed by atoms with van der Waals surface area (Å²) in [5.41, 5.74) is 1.02. The van der Waals surface area contributed by atoms with Crippen molar-refractivity contribution in [3.8, 4) is 5.75 Å². The van der Waals surface area contributed by atoms with Crippen molar-refractivity contribution in [1.29, 1.82) is 0 Å². The van der Waals surface area contributed by atoms with E-state index in [2.05, 4.69) is 24.5 Å². The number of halogens is 1. The molecule has 1 aromatic rings. The normalized spacial score (nSPS) is 17.4. The predicted octanol–water partition coefficient (Wildman–Crippen LogP) is 2.42. The Morgan fingerprint density at radius 1 is 1.48 bits per heavy atom. The van der Waals surface area contributed by atoms with Gasteiger partial charge in [0.05, 0.1) is 12.6 Å². The molecule has 118 valence electrons. The summed E-state index contributed by atoms with van der Waals surface area (Å²) >= 11 is 1.75. The van der Waals surface area contributed by atoms with Crippen LogP contribution in [-0.2, 0) is 11.3 Å². The number of ether oxygens (including phenoxy) is 1. The van der Waals surface area contributed by atoms with Crippen molar-refractivity contribution >= 4 is 30.1 Å². The van der Waals surface area contributed by atoms with E-state index in [1.165, 1.54) is 0 Å². The van der Waals surface area contributed by atoms with Gasteiger partial charge in [0.25, 0.3) is 0 Å². The van der Waals surface area contributed by atoms with Crippen LogP contribution in [0.2, 0.25) is 0 Å². The smallest absolute Gasteiger partial charge is 0.238 e. The lowest BCUT2D eigenvalue weighted by atomic mass is 10.2. The highest BCUT2D eigenvalue weighted by Gasteiger charge is 2.22. The average molecular weight is 331 g/mol. The Bertz CT molecular complexity index is 451. The zero-order valence-corrected chi connectivity index (χ0v) is 14.1. The summed E-state index contributed by atoms with van der Waals surface area (Å²) in [6.07, 6.45) is 0. The Morgan fingerprint density at radius 2 is 2.24 bits per heavy atom. The van der Waals surface area contributed by atoms with Crippen molar-refractivity contribution in [2.45, 2.75) is 26.4 Å². The van der Waals surface area contributed by atoms with Crippen LogP contribution in [0.15, 0.2) is 24.3 Å². The van der Waals surface area contributed by atoms with Crippen LogP contribution < -0.4 is 15.4 Å². The van der Waals surface area contributed by atoms with E-state index in [-0.39, 0.29) is 24.4 Å². The Hall–Kier alpha value is -0.910. The molecule has 1 aliphatic heterocycles. The molecule has 1 atom stereocenters. The Kier molecular flexibility index (Phi) is 7.93. The summed E-state index contributed by atoms with van der Waals surface area (Å²) in [6, 6.07) is 7.80. The number of thioether (sulfide) groups is 1. The molecule has 1 aromatic carbocycles. The van der Waals surface area contributed by atoms with Gasteiger partial charge < -0.3 is 10.1 Å². The van der Waals surface area contributed by atoms with Crippen LogP contribution in [0.1, 0.15) is 19.4 Å². The first kappa shape index (κ1) is 18.1. The molecule has 1 unspecified atom stereocenters. The van der Waals surface area contributed by atoms with E-state index in [4.69, 9.17) is 4.74 Å². The largest absolute Gasteiger partial charge is 0.493 e. The van der Waals surface area contributed by atoms with Crippen molar-refractivity contribution in [2.24, 2.45) is 5.92 Å². The summed E-state index contributed by atoms with van der Waals surface area (Å²) < 4.78 is 5.79. The summed E-state index contributed by atoms with van der Waals surface area (Å²) in [7, 11) is 0. The maximum atomic E-state index is 12.0. The van der Waals surface area contributed by atoms with Crippen molar-refractivity contribution in [3.05, 3.63) is 29.8 Å². The molecule has 1 aliphatic rings. The minimum absolute atomic E-state index is 0. The molecule has 1 saturated heterocycles. The van der Waals surface area contributed by atoms with Gasteiger partial charge in [-0.15, -0.1) is 24.2 Å². The van der Waals surface area contributed by atoms with Gasteiger partial charge in [-0.2, -0.15) is 0 Å². The zero-order valence-electron chi connectivity index (χ0n) is 12.4. The third-order valence-corrected chi connectivity index (χ3v) is 3.97. The van der Waals surface area contributed by atoms with Crippen LogP contribution in [0.25, 0.3) is 0 Å². The molecule has 6 heteroatoms. The second-order valence-corrected chi connectivity index (χ2v) is 6.33. The third kappa shape index (κ3) is 5.77. The Morgan fingerprint density at radius 3 is 2.90 bits per heavy atom. The molecule has 1 heterocycles. The van der Waals surface area contributed by atoms with E-state index >= 15 is 0 Å². The maximum Gasteiger partial charge on any atom is 0.238 e. The highest BCUT2D eigenvalue weighted by molar-refractivity contribution is 7.99. The summed E-state index contributed by atoms with van der Waals surface area (Å²) in [4.78, 5) is 12.0. The molecule has 21 heavy (non-hydrogen) atoms. The first-order chi connectivity index (χ1) is 9.66. The lowest BCUT2D eigenvalue weighted by molar-refractivity contribution is -0.122. The molecule has 1 fully saturated rings. The average Bonchev–Trinajstić information content (AvgIpc) is 2.97. The monoisotopic (exact) mass is 330 g/mol. The number of hydrogen-bond donors (Lipinski definition) is 2. The molecule has 1 amide bonds. The van der Waals surface area contributed by atoms with Crippen molar-refractivity contribution in [3.63, 3.8) is 0 Å². The number of hydrogen-bond acceptors (Lipinski definition) is 4. The SMILES string of the molecule is CC(C)COc1ccccc1CNC(=O)C1CSCN1.Cl. The first-order valence-electron chi connectivity index (χ1n) is 6.96. The zero-order chi connectivity index (χ0) is 14.4. The number of para-hydroxylation sites is 1. The minimum Gasteiger partial charge on any atom is -0.493 e. The lowest BCUT2D eigenvalue weighted by Crippen LogP contribution is -2.41. The fourth-order valence-electron chi connectivity index (χ4n) is 1.92. The molecule has 0 bridgehead atoms. The molecular formula is C15H23ClN2O2S. The van der Waals surface area contributed by atoms with E-state index in [9.17, 15) is 4.79 Å². The maximum absolute atomic E-state index is 12.0. The first-order valence-corrected chi connectivity index (χ1v) is 8.12. The molecule has 4 nitrogen and oxygen atoms in total. The van der Waals surface area contributed by atoms with E-state index in [1.807, 2.05) is 24.3 Å². The van der Waals surface area contributed by atoms with Crippen LogP contribution in [0.3, 0.4) is 0 Å². The van der Waals surface area contributed by atoms with E-state index in [0.29, 0.717) is 19.1 Å². The molecule has 0 saturated carbocycles. The molecule has 0 aromatic heterocycles. The Balaban J connectivity index is 0.00000220. The van der Waals surface area contributed by atoms with Gasteiger partial charge in [-0.1, -0.05) is 32.0 Å². The van der Waals surface area contributed by atoms with Gasteiger partial charge in [-0.3, -0.25) is 10.1 Å². The van der Waals surface area contributed by atoms with Gasteiger partial charge in [0, 0.05) is 23.7 Å². The number of nitrogens with one attached hydrogen (secondary N) is 2. The fourth-order valence-corrected chi connectivity index (χ4v) is 2.86. The summed E-state index contributed by atoms with van der Waals surface area (Å²) in [6.45, 7) is 5.43. The van der Waals surface area contributed by atoms with Crippen LogP contribution in [0.5, 0.6) is 5.75 Å². The molecule has 0 aliphatic carbocycles. The van der Waals surface area contributed by atoms with Crippen molar-refractivity contribution in [1.82, 2.24) is 10.6 Å². The quantitative estimate of drug-likeness (QED) is 0.841. The van der Waals surface area contributed by atoms with Gasteiger partial charge in [-0.25, -0.2) is 0 Å². The molecule has 0 spiro atoms. The summed E-state index contributed by atoms with van der Waals surface area (Å²) in [5.74, 6) is 3.10. The van der Waals surface area contributed by atoms with E-state index < -0.39 is 0 Å². The van der Waals surface area contributed by atoms with E-state index in [0.717, 1.165) is 22.9 Å². The minimum atomic E-state index is -0.0660. The van der Waals surface area contributed by atoms with Crippen LogP contribution in [0, 0.1) is 5.92 Å².